The molecule has 34 heavy (non-hydrogen) atoms. The molecule has 2 aromatic carbocycles. The predicted octanol–water partition coefficient (Wildman–Crippen LogP) is 4.04. The highest BCUT2D eigenvalue weighted by atomic mass is 19.1. The standard InChI is InChI=1S/C25H26FN7O/c1-13-17(9-29-11-19(13)27)16-8-20-18(24(28)23(16)26)10-30-25(31-20)32-21-6-15-12-33(2)5-4-14(15)7-22(21)34-3/h6-11H,4-5,12,27-28H2,1-3H3,(H,30,31,32). The molecule has 0 fully saturated rings. The quantitative estimate of drug-likeness (QED) is 0.392. The van der Waals surface area contributed by atoms with Crippen LogP contribution in [0, 0.1) is 12.7 Å². The summed E-state index contributed by atoms with van der Waals surface area (Å²) in [6, 6.07) is 5.78. The lowest BCUT2D eigenvalue weighted by atomic mass is 9.98. The molecule has 0 spiro atoms. The van der Waals surface area contributed by atoms with Gasteiger partial charge in [0.25, 0.3) is 0 Å². The topological polar surface area (TPSA) is 115 Å². The van der Waals surface area contributed by atoms with E-state index in [4.69, 9.17) is 16.2 Å². The summed E-state index contributed by atoms with van der Waals surface area (Å²) in [7, 11) is 3.74. The molecule has 1 aliphatic rings. The number of rotatable bonds is 4. The Kier molecular flexibility index (Phi) is 5.41. The number of methoxy groups -OCH3 is 1. The molecule has 5 rings (SSSR count). The van der Waals surface area contributed by atoms with Crippen molar-refractivity contribution >= 4 is 33.9 Å². The van der Waals surface area contributed by atoms with Crippen LogP contribution in [0.2, 0.25) is 0 Å². The van der Waals surface area contributed by atoms with E-state index in [1.54, 1.807) is 19.4 Å². The maximum Gasteiger partial charge on any atom is 0.227 e. The van der Waals surface area contributed by atoms with Gasteiger partial charge < -0.3 is 26.4 Å². The summed E-state index contributed by atoms with van der Waals surface area (Å²) in [5, 5.41) is 3.69. The fourth-order valence-electron chi connectivity index (χ4n) is 4.36. The molecule has 4 aromatic rings. The zero-order chi connectivity index (χ0) is 24.0. The number of hydrogen-bond donors (Lipinski definition) is 3. The van der Waals surface area contributed by atoms with E-state index in [-0.39, 0.29) is 5.69 Å². The van der Waals surface area contributed by atoms with Gasteiger partial charge in [0.05, 0.1) is 35.9 Å². The zero-order valence-electron chi connectivity index (χ0n) is 19.3. The highest BCUT2D eigenvalue weighted by Crippen LogP contribution is 2.36. The molecule has 0 saturated heterocycles. The number of fused-ring (bicyclic) bond motifs is 2. The van der Waals surface area contributed by atoms with Crippen LogP contribution in [0.25, 0.3) is 22.0 Å². The Hall–Kier alpha value is -3.98. The third kappa shape index (κ3) is 3.73. The first-order valence-electron chi connectivity index (χ1n) is 11.0. The van der Waals surface area contributed by atoms with E-state index in [0.717, 1.165) is 30.8 Å². The molecule has 174 valence electrons. The van der Waals surface area contributed by atoms with Crippen LogP contribution in [-0.4, -0.2) is 40.6 Å². The van der Waals surface area contributed by atoms with Crippen LogP contribution >= 0.6 is 0 Å². The third-order valence-corrected chi connectivity index (χ3v) is 6.38. The van der Waals surface area contributed by atoms with E-state index in [9.17, 15) is 0 Å². The van der Waals surface area contributed by atoms with Gasteiger partial charge in [0.2, 0.25) is 5.95 Å². The smallest absolute Gasteiger partial charge is 0.227 e. The van der Waals surface area contributed by atoms with Crippen LogP contribution < -0.4 is 21.5 Å². The van der Waals surface area contributed by atoms with E-state index in [1.807, 2.05) is 6.92 Å². The van der Waals surface area contributed by atoms with Gasteiger partial charge >= 0.3 is 0 Å². The van der Waals surface area contributed by atoms with Crippen molar-refractivity contribution in [3.05, 3.63) is 59.3 Å². The molecular formula is C25H26FN7O. The van der Waals surface area contributed by atoms with Crippen LogP contribution in [0.15, 0.2) is 36.8 Å². The van der Waals surface area contributed by atoms with Gasteiger partial charge in [0.15, 0.2) is 5.82 Å². The van der Waals surface area contributed by atoms with Gasteiger partial charge in [-0.05, 0) is 55.3 Å². The summed E-state index contributed by atoms with van der Waals surface area (Å²) in [5.74, 6) is 0.523. The molecule has 0 atom stereocenters. The molecule has 2 aromatic heterocycles. The van der Waals surface area contributed by atoms with Crippen molar-refractivity contribution in [3.63, 3.8) is 0 Å². The number of aromatic nitrogens is 3. The van der Waals surface area contributed by atoms with Gasteiger partial charge in [-0.1, -0.05) is 0 Å². The molecule has 0 amide bonds. The molecule has 0 radical (unpaired) electrons. The maximum atomic E-state index is 15.2. The number of pyridine rings is 1. The molecule has 5 N–H and O–H groups in total. The molecule has 9 heteroatoms. The number of benzene rings is 2. The van der Waals surface area contributed by atoms with Crippen molar-refractivity contribution in [1.82, 2.24) is 19.9 Å². The minimum Gasteiger partial charge on any atom is -0.495 e. The molecule has 1 aliphatic heterocycles. The van der Waals surface area contributed by atoms with Crippen molar-refractivity contribution in [2.75, 3.05) is 37.5 Å². The molecule has 3 heterocycles. The second-order valence-electron chi connectivity index (χ2n) is 8.61. The lowest BCUT2D eigenvalue weighted by Gasteiger charge is -2.26. The number of anilines is 4. The summed E-state index contributed by atoms with van der Waals surface area (Å²) in [6.07, 6.45) is 5.61. The average Bonchev–Trinajstić information content (AvgIpc) is 2.83. The van der Waals surface area contributed by atoms with Crippen LogP contribution in [0.4, 0.5) is 27.4 Å². The fraction of sp³-hybridized carbons (Fsp3) is 0.240. The number of ether oxygens (including phenoxy) is 1. The van der Waals surface area contributed by atoms with Gasteiger partial charge in [0.1, 0.15) is 5.75 Å². The Morgan fingerprint density at radius 3 is 2.71 bits per heavy atom. The average molecular weight is 460 g/mol. The van der Waals surface area contributed by atoms with E-state index in [1.165, 1.54) is 23.5 Å². The number of halogens is 1. The van der Waals surface area contributed by atoms with Crippen LogP contribution in [0.1, 0.15) is 16.7 Å². The van der Waals surface area contributed by atoms with Crippen LogP contribution in [0.5, 0.6) is 5.75 Å². The molecule has 0 unspecified atom stereocenters. The summed E-state index contributed by atoms with van der Waals surface area (Å²) >= 11 is 0. The van der Waals surface area contributed by atoms with Gasteiger partial charge in [0, 0.05) is 42.0 Å². The first-order chi connectivity index (χ1) is 16.4. The number of nitrogens with two attached hydrogens (primary N) is 2. The summed E-state index contributed by atoms with van der Waals surface area (Å²) in [4.78, 5) is 15.4. The normalized spacial score (nSPS) is 13.6. The highest BCUT2D eigenvalue weighted by molar-refractivity contribution is 5.95. The van der Waals surface area contributed by atoms with Crippen molar-refractivity contribution in [2.45, 2.75) is 19.9 Å². The first-order valence-corrected chi connectivity index (χ1v) is 11.0. The minimum absolute atomic E-state index is 0.0183. The highest BCUT2D eigenvalue weighted by Gasteiger charge is 2.19. The van der Waals surface area contributed by atoms with E-state index in [2.05, 4.69) is 44.3 Å². The van der Waals surface area contributed by atoms with Gasteiger partial charge in [-0.25, -0.2) is 14.4 Å². The molecule has 0 bridgehead atoms. The lowest BCUT2D eigenvalue weighted by Crippen LogP contribution is -2.26. The molecule has 0 saturated carbocycles. The fourth-order valence-corrected chi connectivity index (χ4v) is 4.36. The number of nitrogens with one attached hydrogen (secondary N) is 1. The predicted molar refractivity (Wildman–Crippen MR) is 133 cm³/mol. The van der Waals surface area contributed by atoms with Crippen LogP contribution in [-0.2, 0) is 13.0 Å². The zero-order valence-corrected chi connectivity index (χ0v) is 19.3. The Balaban J connectivity index is 1.58. The first kappa shape index (κ1) is 21.8. The molecule has 8 nitrogen and oxygen atoms in total. The van der Waals surface area contributed by atoms with Crippen molar-refractivity contribution in [1.29, 1.82) is 0 Å². The van der Waals surface area contributed by atoms with Crippen molar-refractivity contribution in [3.8, 4) is 16.9 Å². The van der Waals surface area contributed by atoms with E-state index in [0.29, 0.717) is 39.4 Å². The number of hydrogen-bond acceptors (Lipinski definition) is 8. The minimum atomic E-state index is -0.548. The van der Waals surface area contributed by atoms with Gasteiger partial charge in [-0.2, -0.15) is 0 Å². The Bertz CT molecular complexity index is 1420. The molecule has 0 aliphatic carbocycles. The summed E-state index contributed by atoms with van der Waals surface area (Å²) in [5.41, 5.74) is 17.9. The lowest BCUT2D eigenvalue weighted by molar-refractivity contribution is 0.312. The number of likely N-dealkylation sites (N-methyl/N-ethyl adjacent to an activating group) is 1. The largest absolute Gasteiger partial charge is 0.495 e. The Morgan fingerprint density at radius 1 is 1.09 bits per heavy atom. The summed E-state index contributed by atoms with van der Waals surface area (Å²) in [6.45, 7) is 3.69. The third-order valence-electron chi connectivity index (χ3n) is 6.38. The van der Waals surface area contributed by atoms with E-state index < -0.39 is 5.82 Å². The van der Waals surface area contributed by atoms with Crippen LogP contribution in [0.3, 0.4) is 0 Å². The second-order valence-corrected chi connectivity index (χ2v) is 8.61. The number of nitrogens with zero attached hydrogens (tertiary/aromatic N) is 4. The Morgan fingerprint density at radius 2 is 1.91 bits per heavy atom. The van der Waals surface area contributed by atoms with Gasteiger partial charge in [-0.3, -0.25) is 4.98 Å². The van der Waals surface area contributed by atoms with Gasteiger partial charge in [-0.15, -0.1) is 0 Å². The van der Waals surface area contributed by atoms with Crippen molar-refractivity contribution in [2.24, 2.45) is 0 Å². The summed E-state index contributed by atoms with van der Waals surface area (Å²) < 4.78 is 20.8. The molecular weight excluding hydrogens is 433 g/mol. The monoisotopic (exact) mass is 459 g/mol. The van der Waals surface area contributed by atoms with Crippen molar-refractivity contribution < 1.29 is 9.13 Å². The maximum absolute atomic E-state index is 15.2. The van der Waals surface area contributed by atoms with E-state index >= 15 is 4.39 Å². The Labute approximate surface area is 196 Å². The second kappa shape index (κ2) is 8.42. The SMILES string of the molecule is COc1cc2c(cc1Nc1ncc3c(N)c(F)c(-c4cncc(N)c4C)cc3n1)CN(C)CC2. The number of nitrogen functional groups attached to an aromatic ring is 2.